The third-order valence-corrected chi connectivity index (χ3v) is 6.51. The van der Waals surface area contributed by atoms with Crippen molar-refractivity contribution >= 4 is 39.8 Å². The fourth-order valence-electron chi connectivity index (χ4n) is 3.67. The number of benzene rings is 3. The van der Waals surface area contributed by atoms with Gasteiger partial charge in [-0.15, -0.1) is 0 Å². The van der Waals surface area contributed by atoms with Gasteiger partial charge < -0.3 is 18.9 Å². The predicted molar refractivity (Wildman–Crippen MR) is 157 cm³/mol. The summed E-state index contributed by atoms with van der Waals surface area (Å²) in [7, 11) is 0. The molecule has 0 atom stereocenters. The second-order valence-corrected chi connectivity index (χ2v) is 10.1. The van der Waals surface area contributed by atoms with Gasteiger partial charge in [-0.1, -0.05) is 35.7 Å². The average molecular weight is 626 g/mol. The lowest BCUT2D eigenvalue weighted by atomic mass is 10.2. The second-order valence-electron chi connectivity index (χ2n) is 9.31. The Morgan fingerprint density at radius 2 is 1.12 bits per heavy atom. The molecule has 216 valence electrons. The third kappa shape index (κ3) is 10.5. The Labute approximate surface area is 248 Å². The predicted octanol–water partition coefficient (Wildman–Crippen LogP) is 7.39. The Hall–Kier alpha value is -3.98. The van der Waals surface area contributed by atoms with E-state index in [-0.39, 0.29) is 28.8 Å². The molecule has 0 radical (unpaired) electrons. The molecule has 0 fully saturated rings. The largest absolute Gasteiger partial charge is 0.427 e. The van der Waals surface area contributed by atoms with Crippen molar-refractivity contribution in [3.8, 4) is 23.0 Å². The van der Waals surface area contributed by atoms with Gasteiger partial charge in [0.25, 0.3) is 0 Å². The molecule has 3 aromatic rings. The SMILES string of the molecule is CCCCC(=O)Oc1ccc(C(=O)Oc2ccc(OC(=O)c3ccc(OC(=O)CCCCCBr)cc3)cc2C)cc1. The highest BCUT2D eigenvalue weighted by atomic mass is 79.9. The summed E-state index contributed by atoms with van der Waals surface area (Å²) < 4.78 is 21.5. The molecule has 0 N–H and O–H groups in total. The van der Waals surface area contributed by atoms with Crippen LogP contribution < -0.4 is 18.9 Å². The highest BCUT2D eigenvalue weighted by Gasteiger charge is 2.15. The number of carbonyl (C=O) groups is 4. The molecule has 0 saturated heterocycles. The van der Waals surface area contributed by atoms with Crippen LogP contribution in [0.5, 0.6) is 23.0 Å². The van der Waals surface area contributed by atoms with E-state index < -0.39 is 11.9 Å². The summed E-state index contributed by atoms with van der Waals surface area (Å²) in [5.41, 5.74) is 1.16. The fraction of sp³-hybridized carbons (Fsp3) is 0.312. The number of halogens is 1. The first-order valence-corrected chi connectivity index (χ1v) is 14.6. The summed E-state index contributed by atoms with van der Waals surface area (Å²) in [6.07, 6.45) is 5.04. The quantitative estimate of drug-likeness (QED) is 0.0791. The van der Waals surface area contributed by atoms with Crippen LogP contribution in [0, 0.1) is 6.92 Å². The molecular weight excluding hydrogens is 592 g/mol. The third-order valence-electron chi connectivity index (χ3n) is 5.95. The van der Waals surface area contributed by atoms with Crippen LogP contribution in [0.25, 0.3) is 0 Å². The van der Waals surface area contributed by atoms with Gasteiger partial charge in [-0.05, 0) is 98.5 Å². The molecule has 0 heterocycles. The van der Waals surface area contributed by atoms with E-state index in [2.05, 4.69) is 15.9 Å². The number of ether oxygens (including phenoxy) is 4. The standard InChI is InChI=1S/C32H33BrO8/c1-3-4-8-29(34)38-25-16-12-24(13-17-25)32(37)41-28-19-18-27(21-22(28)2)40-31(36)23-10-14-26(15-11-23)39-30(35)9-6-5-7-20-33/h10-19,21H,3-9,20H2,1-2H3. The van der Waals surface area contributed by atoms with Crippen molar-refractivity contribution in [2.24, 2.45) is 0 Å². The highest BCUT2D eigenvalue weighted by Crippen LogP contribution is 2.26. The van der Waals surface area contributed by atoms with Gasteiger partial charge in [-0.3, -0.25) is 9.59 Å². The number of hydrogen-bond acceptors (Lipinski definition) is 8. The first kappa shape index (κ1) is 31.5. The van der Waals surface area contributed by atoms with Crippen molar-refractivity contribution in [1.82, 2.24) is 0 Å². The summed E-state index contributed by atoms with van der Waals surface area (Å²) in [5.74, 6) is -0.494. The Balaban J connectivity index is 1.52. The summed E-state index contributed by atoms with van der Waals surface area (Å²) >= 11 is 3.36. The first-order valence-electron chi connectivity index (χ1n) is 13.5. The van der Waals surface area contributed by atoms with Crippen molar-refractivity contribution in [1.29, 1.82) is 0 Å². The molecule has 0 amide bonds. The van der Waals surface area contributed by atoms with E-state index in [0.29, 0.717) is 35.7 Å². The molecule has 0 aliphatic heterocycles. The lowest BCUT2D eigenvalue weighted by Gasteiger charge is -2.11. The van der Waals surface area contributed by atoms with Crippen LogP contribution in [0.3, 0.4) is 0 Å². The van der Waals surface area contributed by atoms with E-state index in [1.54, 1.807) is 43.3 Å². The van der Waals surface area contributed by atoms with Crippen molar-refractivity contribution in [2.45, 2.75) is 58.8 Å². The maximum atomic E-state index is 12.6. The molecule has 0 spiro atoms. The Morgan fingerprint density at radius 1 is 0.610 bits per heavy atom. The van der Waals surface area contributed by atoms with Crippen LogP contribution >= 0.6 is 15.9 Å². The molecular formula is C32H33BrO8. The number of unbranched alkanes of at least 4 members (excludes halogenated alkanes) is 3. The van der Waals surface area contributed by atoms with E-state index in [1.807, 2.05) is 6.92 Å². The molecule has 0 unspecified atom stereocenters. The molecule has 9 heteroatoms. The molecule has 0 aliphatic rings. The van der Waals surface area contributed by atoms with E-state index in [1.165, 1.54) is 30.3 Å². The van der Waals surface area contributed by atoms with Gasteiger partial charge in [-0.25, -0.2) is 9.59 Å². The Kier molecular flexibility index (Phi) is 12.6. The second kappa shape index (κ2) is 16.3. The zero-order valence-corrected chi connectivity index (χ0v) is 24.7. The molecule has 0 bridgehead atoms. The van der Waals surface area contributed by atoms with Crippen LogP contribution in [0.2, 0.25) is 0 Å². The molecule has 41 heavy (non-hydrogen) atoms. The topological polar surface area (TPSA) is 105 Å². The summed E-state index contributed by atoms with van der Waals surface area (Å²) in [6, 6.07) is 16.9. The van der Waals surface area contributed by atoms with Gasteiger partial charge in [0.2, 0.25) is 0 Å². The normalized spacial score (nSPS) is 10.5. The lowest BCUT2D eigenvalue weighted by Crippen LogP contribution is -2.11. The summed E-state index contributed by atoms with van der Waals surface area (Å²) in [6.45, 7) is 3.72. The van der Waals surface area contributed by atoms with Gasteiger partial charge in [0.1, 0.15) is 23.0 Å². The number of alkyl halides is 1. The minimum atomic E-state index is -0.586. The minimum absolute atomic E-state index is 0.278. The monoisotopic (exact) mass is 624 g/mol. The van der Waals surface area contributed by atoms with Gasteiger partial charge in [0, 0.05) is 18.2 Å². The number of hydrogen-bond donors (Lipinski definition) is 0. The van der Waals surface area contributed by atoms with Gasteiger partial charge in [-0.2, -0.15) is 0 Å². The van der Waals surface area contributed by atoms with Crippen LogP contribution in [-0.4, -0.2) is 29.2 Å². The van der Waals surface area contributed by atoms with Crippen molar-refractivity contribution in [2.75, 3.05) is 5.33 Å². The van der Waals surface area contributed by atoms with Gasteiger partial charge in [0.05, 0.1) is 11.1 Å². The molecule has 0 aromatic heterocycles. The number of carbonyl (C=O) groups excluding carboxylic acids is 4. The van der Waals surface area contributed by atoms with Gasteiger partial charge in [0.15, 0.2) is 0 Å². The highest BCUT2D eigenvalue weighted by molar-refractivity contribution is 9.09. The number of aryl methyl sites for hydroxylation is 1. The van der Waals surface area contributed by atoms with Crippen LogP contribution in [0.1, 0.15) is 78.1 Å². The van der Waals surface area contributed by atoms with E-state index in [0.717, 1.165) is 37.4 Å². The summed E-state index contributed by atoms with van der Waals surface area (Å²) in [5, 5.41) is 0.910. The zero-order valence-electron chi connectivity index (χ0n) is 23.2. The maximum Gasteiger partial charge on any atom is 0.343 e. The maximum absolute atomic E-state index is 12.6. The molecule has 8 nitrogen and oxygen atoms in total. The lowest BCUT2D eigenvalue weighted by molar-refractivity contribution is -0.135. The van der Waals surface area contributed by atoms with E-state index >= 15 is 0 Å². The summed E-state index contributed by atoms with van der Waals surface area (Å²) in [4.78, 5) is 48.9. The van der Waals surface area contributed by atoms with Crippen LogP contribution in [-0.2, 0) is 9.59 Å². The molecule has 3 rings (SSSR count). The van der Waals surface area contributed by atoms with Crippen molar-refractivity contribution in [3.63, 3.8) is 0 Å². The Morgan fingerprint density at radius 3 is 1.63 bits per heavy atom. The molecule has 0 aliphatic carbocycles. The average Bonchev–Trinajstić information content (AvgIpc) is 2.96. The molecule has 0 saturated carbocycles. The van der Waals surface area contributed by atoms with Crippen LogP contribution in [0.4, 0.5) is 0 Å². The Bertz CT molecular complexity index is 1330. The van der Waals surface area contributed by atoms with Gasteiger partial charge >= 0.3 is 23.9 Å². The number of rotatable bonds is 14. The van der Waals surface area contributed by atoms with Crippen LogP contribution in [0.15, 0.2) is 66.7 Å². The smallest absolute Gasteiger partial charge is 0.343 e. The minimum Gasteiger partial charge on any atom is -0.427 e. The molecule has 3 aromatic carbocycles. The van der Waals surface area contributed by atoms with E-state index in [4.69, 9.17) is 18.9 Å². The first-order chi connectivity index (χ1) is 19.8. The zero-order chi connectivity index (χ0) is 29.6. The fourth-order valence-corrected chi connectivity index (χ4v) is 4.07. The van der Waals surface area contributed by atoms with Crippen molar-refractivity contribution in [3.05, 3.63) is 83.4 Å². The van der Waals surface area contributed by atoms with E-state index in [9.17, 15) is 19.2 Å². The van der Waals surface area contributed by atoms with Crippen molar-refractivity contribution < 1.29 is 38.1 Å². The number of esters is 4.